The largest absolute Gasteiger partial charge is 0.365 e. The van der Waals surface area contributed by atoms with Crippen LogP contribution in [-0.4, -0.2) is 11.9 Å². The second-order valence-corrected chi connectivity index (χ2v) is 2.86. The maximum absolute atomic E-state index is 10.9. The molecule has 0 saturated carbocycles. The fourth-order valence-corrected chi connectivity index (χ4v) is 0.339. The molecular weight excluding hydrogens is 128 g/mol. The molecule has 0 saturated heterocycles. The van der Waals surface area contributed by atoms with Gasteiger partial charge in [0.2, 0.25) is 0 Å². The Morgan fingerprint density at radius 2 is 1.80 bits per heavy atom. The third-order valence-corrected chi connectivity index (χ3v) is 1.03. The minimum Gasteiger partial charge on any atom is -0.365 e. The van der Waals surface area contributed by atoms with Crippen molar-refractivity contribution in [3.05, 3.63) is 6.61 Å². The summed E-state index contributed by atoms with van der Waals surface area (Å²) in [4.78, 5) is 10.9. The number of carbonyl (C=O) groups is 1. The highest BCUT2D eigenvalue weighted by Crippen LogP contribution is 2.00. The molecule has 0 rings (SSSR count). The van der Waals surface area contributed by atoms with Gasteiger partial charge in [-0.05, 0) is 13.8 Å². The van der Waals surface area contributed by atoms with Gasteiger partial charge in [-0.3, -0.25) is 4.79 Å². The molecule has 0 aromatic rings. The Bertz CT molecular complexity index is 106. The second kappa shape index (κ2) is 4.45. The maximum Gasteiger partial charge on any atom is 0.167 e. The lowest BCUT2D eigenvalue weighted by Crippen LogP contribution is -2.12. The summed E-state index contributed by atoms with van der Waals surface area (Å²) < 4.78 is 4.99. The lowest BCUT2D eigenvalue weighted by Gasteiger charge is -2.06. The Morgan fingerprint density at radius 3 is 2.10 bits per heavy atom. The molecule has 0 atom stereocenters. The first-order valence-corrected chi connectivity index (χ1v) is 3.56. The molecule has 0 bridgehead atoms. The summed E-state index contributed by atoms with van der Waals surface area (Å²) >= 11 is 0. The number of carbonyl (C=O) groups excluding carboxylic acids is 1. The zero-order valence-electron chi connectivity index (χ0n) is 7.05. The predicted molar refractivity (Wildman–Crippen MR) is 40.4 cm³/mol. The number of hydrogen-bond acceptors (Lipinski definition) is 2. The molecule has 0 spiro atoms. The molecule has 2 nitrogen and oxygen atoms in total. The van der Waals surface area contributed by atoms with Crippen molar-refractivity contribution in [2.75, 3.05) is 0 Å². The normalized spacial score (nSPS) is 11.0. The zero-order valence-corrected chi connectivity index (χ0v) is 7.05. The van der Waals surface area contributed by atoms with Crippen LogP contribution in [0.15, 0.2) is 0 Å². The third kappa shape index (κ3) is 4.50. The monoisotopic (exact) mass is 143 g/mol. The van der Waals surface area contributed by atoms with Crippen LogP contribution in [0.2, 0.25) is 0 Å². The highest BCUT2D eigenvalue weighted by Gasteiger charge is 2.08. The van der Waals surface area contributed by atoms with Gasteiger partial charge in [0, 0.05) is 5.92 Å². The Morgan fingerprint density at radius 1 is 1.30 bits per heavy atom. The first-order valence-electron chi connectivity index (χ1n) is 3.56. The van der Waals surface area contributed by atoms with Gasteiger partial charge in [-0.1, -0.05) is 13.8 Å². The molecule has 0 heterocycles. The van der Waals surface area contributed by atoms with Crippen LogP contribution >= 0.6 is 0 Å². The van der Waals surface area contributed by atoms with Crippen LogP contribution in [-0.2, 0) is 9.53 Å². The number of ether oxygens (including phenoxy) is 1. The van der Waals surface area contributed by atoms with Crippen LogP contribution in [0.25, 0.3) is 0 Å². The molecule has 0 amide bonds. The highest BCUT2D eigenvalue weighted by molar-refractivity contribution is 5.86. The molecular formula is C8H15O2. The van der Waals surface area contributed by atoms with Crippen molar-refractivity contribution in [3.8, 4) is 0 Å². The van der Waals surface area contributed by atoms with Crippen molar-refractivity contribution in [3.63, 3.8) is 0 Å². The van der Waals surface area contributed by atoms with Crippen LogP contribution < -0.4 is 0 Å². The van der Waals surface area contributed by atoms with Crippen LogP contribution in [0.1, 0.15) is 27.7 Å². The highest BCUT2D eigenvalue weighted by atomic mass is 16.5. The van der Waals surface area contributed by atoms with Crippen molar-refractivity contribution < 1.29 is 9.53 Å². The number of hydrogen-bond donors (Lipinski definition) is 0. The van der Waals surface area contributed by atoms with E-state index in [0.29, 0.717) is 0 Å². The molecule has 0 aromatic carbocycles. The minimum atomic E-state index is 0.0405. The number of rotatable bonds is 4. The lowest BCUT2D eigenvalue weighted by atomic mass is 10.1. The van der Waals surface area contributed by atoms with Crippen molar-refractivity contribution in [2.24, 2.45) is 5.92 Å². The van der Waals surface area contributed by atoms with Gasteiger partial charge in [0.25, 0.3) is 0 Å². The quantitative estimate of drug-likeness (QED) is 0.599. The summed E-state index contributed by atoms with van der Waals surface area (Å²) in [5.41, 5.74) is 0. The molecule has 2 heteroatoms. The van der Waals surface area contributed by atoms with Gasteiger partial charge in [0.05, 0.1) is 6.10 Å². The van der Waals surface area contributed by atoms with Crippen molar-refractivity contribution in [2.45, 2.75) is 33.8 Å². The van der Waals surface area contributed by atoms with E-state index in [9.17, 15) is 4.79 Å². The summed E-state index contributed by atoms with van der Waals surface area (Å²) in [5, 5.41) is 0. The number of ketones is 1. The van der Waals surface area contributed by atoms with E-state index in [1.165, 1.54) is 6.61 Å². The average Bonchev–Trinajstić information content (AvgIpc) is 1.82. The van der Waals surface area contributed by atoms with E-state index < -0.39 is 0 Å². The number of Topliss-reactive ketones (excluding diaryl/α,β-unsaturated/α-hetero) is 1. The standard InChI is InChI=1S/C8H15O2/c1-6(2)8(9)5-10-7(3)4/h5-7H,1-4H3. The summed E-state index contributed by atoms with van der Waals surface area (Å²) in [5.74, 6) is 0.0902. The minimum absolute atomic E-state index is 0.0405. The molecule has 0 aromatic heterocycles. The average molecular weight is 143 g/mol. The Kier molecular flexibility index (Phi) is 4.28. The Hall–Kier alpha value is -0.370. The SMILES string of the molecule is CC(C)O[CH]C(=O)C(C)C. The molecule has 10 heavy (non-hydrogen) atoms. The van der Waals surface area contributed by atoms with E-state index in [1.54, 1.807) is 0 Å². The molecule has 0 N–H and O–H groups in total. The van der Waals surface area contributed by atoms with Gasteiger partial charge in [0.15, 0.2) is 5.78 Å². The van der Waals surface area contributed by atoms with Gasteiger partial charge < -0.3 is 4.74 Å². The molecule has 0 unspecified atom stereocenters. The smallest absolute Gasteiger partial charge is 0.167 e. The van der Waals surface area contributed by atoms with E-state index in [1.807, 2.05) is 27.7 Å². The molecule has 0 aliphatic heterocycles. The molecule has 0 fully saturated rings. The van der Waals surface area contributed by atoms with Crippen LogP contribution in [0, 0.1) is 12.5 Å². The van der Waals surface area contributed by atoms with Crippen LogP contribution in [0.3, 0.4) is 0 Å². The van der Waals surface area contributed by atoms with Gasteiger partial charge in [-0.2, -0.15) is 0 Å². The first kappa shape index (κ1) is 9.63. The fourth-order valence-electron chi connectivity index (χ4n) is 0.339. The van der Waals surface area contributed by atoms with E-state index in [0.717, 1.165) is 0 Å². The van der Waals surface area contributed by atoms with Gasteiger partial charge in [0.1, 0.15) is 6.61 Å². The van der Waals surface area contributed by atoms with E-state index >= 15 is 0 Å². The van der Waals surface area contributed by atoms with Gasteiger partial charge >= 0.3 is 0 Å². The van der Waals surface area contributed by atoms with E-state index in [-0.39, 0.29) is 17.8 Å². The third-order valence-electron chi connectivity index (χ3n) is 1.03. The van der Waals surface area contributed by atoms with Crippen molar-refractivity contribution >= 4 is 5.78 Å². The summed E-state index contributed by atoms with van der Waals surface area (Å²) in [6.07, 6.45) is 0.0997. The summed E-state index contributed by atoms with van der Waals surface area (Å²) in [6, 6.07) is 0. The topological polar surface area (TPSA) is 26.3 Å². The Balaban J connectivity index is 3.40. The fraction of sp³-hybridized carbons (Fsp3) is 0.750. The van der Waals surface area contributed by atoms with Gasteiger partial charge in [-0.15, -0.1) is 0 Å². The predicted octanol–water partition coefficient (Wildman–Crippen LogP) is 1.80. The molecule has 59 valence electrons. The summed E-state index contributed by atoms with van der Waals surface area (Å²) in [7, 11) is 0. The molecule has 0 aliphatic rings. The van der Waals surface area contributed by atoms with Crippen molar-refractivity contribution in [1.82, 2.24) is 0 Å². The molecule has 0 aliphatic carbocycles. The van der Waals surface area contributed by atoms with Gasteiger partial charge in [-0.25, -0.2) is 0 Å². The second-order valence-electron chi connectivity index (χ2n) is 2.86. The van der Waals surface area contributed by atoms with Crippen LogP contribution in [0.4, 0.5) is 0 Å². The van der Waals surface area contributed by atoms with Crippen LogP contribution in [0.5, 0.6) is 0 Å². The maximum atomic E-state index is 10.9. The summed E-state index contributed by atoms with van der Waals surface area (Å²) in [6.45, 7) is 8.79. The van der Waals surface area contributed by atoms with E-state index in [2.05, 4.69) is 0 Å². The zero-order chi connectivity index (χ0) is 8.15. The van der Waals surface area contributed by atoms with E-state index in [4.69, 9.17) is 4.74 Å². The van der Waals surface area contributed by atoms with Crippen molar-refractivity contribution in [1.29, 1.82) is 0 Å². The lowest BCUT2D eigenvalue weighted by molar-refractivity contribution is -0.123. The Labute approximate surface area is 62.6 Å². The first-order chi connectivity index (χ1) is 4.54. The molecule has 1 radical (unpaired) electrons.